The molecular formula is C20H27N5O3. The van der Waals surface area contributed by atoms with Crippen LogP contribution in [0.25, 0.3) is 11.0 Å². The number of hydrogen-bond donors (Lipinski definition) is 2. The Hall–Kier alpha value is -2.90. The van der Waals surface area contributed by atoms with E-state index >= 15 is 0 Å². The van der Waals surface area contributed by atoms with E-state index in [0.29, 0.717) is 29.0 Å². The maximum Gasteiger partial charge on any atom is 0.341 e. The third-order valence-electron chi connectivity index (χ3n) is 4.77. The van der Waals surface area contributed by atoms with Crippen LogP contribution in [0.3, 0.4) is 0 Å². The van der Waals surface area contributed by atoms with E-state index in [0.717, 1.165) is 12.8 Å². The highest BCUT2D eigenvalue weighted by Crippen LogP contribution is 2.28. The monoisotopic (exact) mass is 385 g/mol. The number of hydrogen-bond acceptors (Lipinski definition) is 6. The first-order valence-electron chi connectivity index (χ1n) is 9.44. The number of ether oxygens (including phenoxy) is 1. The molecule has 150 valence electrons. The van der Waals surface area contributed by atoms with Gasteiger partial charge in [0.15, 0.2) is 0 Å². The summed E-state index contributed by atoms with van der Waals surface area (Å²) >= 11 is 0. The second kappa shape index (κ2) is 7.61. The van der Waals surface area contributed by atoms with Gasteiger partial charge in [-0.2, -0.15) is 0 Å². The number of nitrogens with zero attached hydrogens (tertiary/aromatic N) is 3. The molecule has 1 fully saturated rings. The molecule has 8 nitrogen and oxygen atoms in total. The van der Waals surface area contributed by atoms with Gasteiger partial charge in [-0.15, -0.1) is 0 Å². The van der Waals surface area contributed by atoms with Crippen molar-refractivity contribution in [2.45, 2.75) is 58.2 Å². The maximum atomic E-state index is 12.6. The molecule has 0 spiro atoms. The van der Waals surface area contributed by atoms with Crippen molar-refractivity contribution in [1.29, 1.82) is 0 Å². The van der Waals surface area contributed by atoms with Crippen molar-refractivity contribution in [3.8, 4) is 0 Å². The van der Waals surface area contributed by atoms with Crippen LogP contribution in [0.5, 0.6) is 0 Å². The Bertz CT molecular complexity index is 899. The number of amides is 1. The minimum Gasteiger partial charge on any atom is -0.456 e. The highest BCUT2D eigenvalue weighted by molar-refractivity contribution is 6.07. The van der Waals surface area contributed by atoms with E-state index in [9.17, 15) is 9.59 Å². The predicted molar refractivity (Wildman–Crippen MR) is 107 cm³/mol. The van der Waals surface area contributed by atoms with Gasteiger partial charge in [0.1, 0.15) is 23.4 Å². The summed E-state index contributed by atoms with van der Waals surface area (Å²) in [6.45, 7) is 11.6. The van der Waals surface area contributed by atoms with Gasteiger partial charge in [-0.3, -0.25) is 4.79 Å². The first-order valence-corrected chi connectivity index (χ1v) is 9.44. The van der Waals surface area contributed by atoms with Crippen molar-refractivity contribution >= 4 is 28.7 Å². The Labute approximate surface area is 164 Å². The van der Waals surface area contributed by atoms with Crippen molar-refractivity contribution in [1.82, 2.24) is 19.9 Å². The molecule has 0 bridgehead atoms. The maximum absolute atomic E-state index is 12.6. The lowest BCUT2D eigenvalue weighted by Crippen LogP contribution is -2.49. The summed E-state index contributed by atoms with van der Waals surface area (Å²) in [4.78, 5) is 38.1. The van der Waals surface area contributed by atoms with Crippen molar-refractivity contribution < 1.29 is 14.3 Å². The normalized spacial score (nSPS) is 20.1. The number of piperidine rings is 1. The van der Waals surface area contributed by atoms with Crippen LogP contribution in [0.15, 0.2) is 25.2 Å². The average molecular weight is 385 g/mol. The Morgan fingerprint density at radius 1 is 1.36 bits per heavy atom. The molecule has 2 aromatic rings. The zero-order chi connectivity index (χ0) is 20.5. The molecule has 0 aromatic carbocycles. The molecule has 2 atom stereocenters. The van der Waals surface area contributed by atoms with Crippen LogP contribution in [0.1, 0.15) is 50.9 Å². The first-order chi connectivity index (χ1) is 13.2. The van der Waals surface area contributed by atoms with Crippen LogP contribution in [0.2, 0.25) is 0 Å². The van der Waals surface area contributed by atoms with Gasteiger partial charge in [-0.05, 0) is 46.6 Å². The Morgan fingerprint density at radius 3 is 2.79 bits per heavy atom. The topological polar surface area (TPSA) is 100 Å². The molecule has 0 radical (unpaired) electrons. The summed E-state index contributed by atoms with van der Waals surface area (Å²) in [5.41, 5.74) is 0.340. The Balaban J connectivity index is 1.87. The molecule has 8 heteroatoms. The van der Waals surface area contributed by atoms with E-state index in [-0.39, 0.29) is 18.0 Å². The van der Waals surface area contributed by atoms with Crippen LogP contribution in [0.4, 0.5) is 5.82 Å². The van der Waals surface area contributed by atoms with E-state index in [1.807, 2.05) is 27.7 Å². The van der Waals surface area contributed by atoms with Crippen LogP contribution < -0.4 is 5.32 Å². The zero-order valence-corrected chi connectivity index (χ0v) is 16.8. The van der Waals surface area contributed by atoms with Crippen LogP contribution in [-0.2, 0) is 9.53 Å². The zero-order valence-electron chi connectivity index (χ0n) is 16.8. The number of likely N-dealkylation sites (tertiary alicyclic amines) is 1. The second-order valence-electron chi connectivity index (χ2n) is 8.11. The fourth-order valence-electron chi connectivity index (χ4n) is 3.41. The molecular weight excluding hydrogens is 358 g/mol. The molecule has 3 rings (SSSR count). The predicted octanol–water partition coefficient (Wildman–Crippen LogP) is 2.89. The minimum absolute atomic E-state index is 0.0135. The second-order valence-corrected chi connectivity index (χ2v) is 8.11. The van der Waals surface area contributed by atoms with Gasteiger partial charge in [-0.1, -0.05) is 6.58 Å². The highest BCUT2D eigenvalue weighted by Gasteiger charge is 2.29. The molecule has 2 aromatic heterocycles. The minimum atomic E-state index is -0.602. The molecule has 1 aliphatic heterocycles. The van der Waals surface area contributed by atoms with Gasteiger partial charge < -0.3 is 19.9 Å². The number of anilines is 1. The van der Waals surface area contributed by atoms with Crippen molar-refractivity contribution in [2.24, 2.45) is 0 Å². The summed E-state index contributed by atoms with van der Waals surface area (Å²) in [6, 6.07) is 0.179. The van der Waals surface area contributed by atoms with Gasteiger partial charge in [0.05, 0.1) is 10.9 Å². The quantitative estimate of drug-likeness (QED) is 0.620. The summed E-state index contributed by atoms with van der Waals surface area (Å²) in [7, 11) is 0. The number of nitrogens with one attached hydrogen (secondary N) is 2. The molecule has 0 saturated carbocycles. The third-order valence-corrected chi connectivity index (χ3v) is 4.77. The van der Waals surface area contributed by atoms with E-state index in [4.69, 9.17) is 4.74 Å². The molecule has 1 amide bonds. The van der Waals surface area contributed by atoms with Crippen LogP contribution in [-0.4, -0.2) is 56.0 Å². The number of fused-ring (bicyclic) bond motifs is 1. The first kappa shape index (κ1) is 19.9. The number of carbonyl (C=O) groups is 2. The van der Waals surface area contributed by atoms with E-state index in [1.54, 1.807) is 11.1 Å². The number of carbonyl (C=O) groups excluding carboxylic acids is 2. The standard InChI is InChI=1S/C20H27N5O3/c1-6-15(26)25-10-13(8-7-12(25)2)24-18-16-14(19(27)28-20(3,4)5)9-21-17(16)22-11-23-18/h6,9,11-13H,1,7-8,10H2,2-5H3,(H2,21,22,23,24). The van der Waals surface area contributed by atoms with E-state index < -0.39 is 11.6 Å². The van der Waals surface area contributed by atoms with Crippen LogP contribution in [0, 0.1) is 0 Å². The number of H-pyrrole nitrogens is 1. The van der Waals surface area contributed by atoms with Gasteiger partial charge >= 0.3 is 5.97 Å². The lowest BCUT2D eigenvalue weighted by molar-refractivity contribution is -0.129. The summed E-state index contributed by atoms with van der Waals surface area (Å²) in [6.07, 6.45) is 6.14. The molecule has 1 saturated heterocycles. The van der Waals surface area contributed by atoms with Crippen LogP contribution >= 0.6 is 0 Å². The smallest absolute Gasteiger partial charge is 0.341 e. The average Bonchev–Trinajstić information content (AvgIpc) is 3.06. The summed E-state index contributed by atoms with van der Waals surface area (Å²) in [5.74, 6) is 0.0397. The summed E-state index contributed by atoms with van der Waals surface area (Å²) < 4.78 is 5.51. The fourth-order valence-corrected chi connectivity index (χ4v) is 3.41. The van der Waals surface area contributed by atoms with Gasteiger partial charge in [0.25, 0.3) is 0 Å². The molecule has 28 heavy (non-hydrogen) atoms. The molecule has 1 aliphatic rings. The molecule has 3 heterocycles. The number of aromatic nitrogens is 3. The fraction of sp³-hybridized carbons (Fsp3) is 0.500. The van der Waals surface area contributed by atoms with Crippen molar-refractivity contribution in [2.75, 3.05) is 11.9 Å². The lowest BCUT2D eigenvalue weighted by Gasteiger charge is -2.38. The SMILES string of the molecule is C=CC(=O)N1CC(Nc2ncnc3[nH]cc(C(=O)OC(C)(C)C)c23)CCC1C. The summed E-state index contributed by atoms with van der Waals surface area (Å²) in [5, 5.41) is 3.98. The molecule has 2 N–H and O–H groups in total. The number of esters is 1. The largest absolute Gasteiger partial charge is 0.456 e. The lowest BCUT2D eigenvalue weighted by atomic mass is 9.99. The Kier molecular flexibility index (Phi) is 5.40. The van der Waals surface area contributed by atoms with E-state index in [2.05, 4.69) is 26.8 Å². The molecule has 2 unspecified atom stereocenters. The molecule has 0 aliphatic carbocycles. The number of rotatable bonds is 4. The Morgan fingerprint density at radius 2 is 2.11 bits per heavy atom. The van der Waals surface area contributed by atoms with Crippen molar-refractivity contribution in [3.63, 3.8) is 0 Å². The van der Waals surface area contributed by atoms with E-state index in [1.165, 1.54) is 12.4 Å². The van der Waals surface area contributed by atoms with Gasteiger partial charge in [0.2, 0.25) is 5.91 Å². The third kappa shape index (κ3) is 4.16. The van der Waals surface area contributed by atoms with Crippen molar-refractivity contribution in [3.05, 3.63) is 30.7 Å². The van der Waals surface area contributed by atoms with Gasteiger partial charge in [0, 0.05) is 24.8 Å². The number of aromatic amines is 1. The highest BCUT2D eigenvalue weighted by atomic mass is 16.6. The van der Waals surface area contributed by atoms with Gasteiger partial charge in [-0.25, -0.2) is 14.8 Å².